The van der Waals surface area contributed by atoms with Crippen LogP contribution in [0.5, 0.6) is 0 Å². The van der Waals surface area contributed by atoms with E-state index >= 15 is 0 Å². The van der Waals surface area contributed by atoms with Gasteiger partial charge in [-0.3, -0.25) is 4.98 Å². The first-order valence-electron chi connectivity index (χ1n) is 4.57. The fourth-order valence-electron chi connectivity index (χ4n) is 1.17. The van der Waals surface area contributed by atoms with Gasteiger partial charge in [0.1, 0.15) is 11.4 Å². The van der Waals surface area contributed by atoms with Gasteiger partial charge in [0.2, 0.25) is 0 Å². The number of pyridine rings is 1. The van der Waals surface area contributed by atoms with E-state index in [-0.39, 0.29) is 0 Å². The molecule has 0 aliphatic carbocycles. The Morgan fingerprint density at radius 1 is 1.40 bits per heavy atom. The maximum atomic E-state index is 5.74. The van der Waals surface area contributed by atoms with Gasteiger partial charge < -0.3 is 10.3 Å². The van der Waals surface area contributed by atoms with E-state index < -0.39 is 0 Å². The van der Waals surface area contributed by atoms with Crippen molar-refractivity contribution >= 4 is 17.8 Å². The fraction of sp³-hybridized carbons (Fsp3) is 0.0909. The van der Waals surface area contributed by atoms with E-state index in [1.165, 1.54) is 0 Å². The molecule has 0 saturated carbocycles. The molecule has 0 bridgehead atoms. The third kappa shape index (κ3) is 2.04. The molecule has 2 rings (SSSR count). The minimum absolute atomic E-state index is 0.579. The lowest BCUT2D eigenvalue weighted by Gasteiger charge is -1.90. The van der Waals surface area contributed by atoms with Crippen molar-refractivity contribution in [2.24, 2.45) is 0 Å². The Hall–Kier alpha value is -2.10. The topological polar surface area (TPSA) is 64.9 Å². The van der Waals surface area contributed by atoms with Gasteiger partial charge in [-0.1, -0.05) is 17.3 Å². The molecule has 0 aliphatic rings. The van der Waals surface area contributed by atoms with Crippen molar-refractivity contribution in [1.29, 1.82) is 0 Å². The molecule has 0 unspecified atom stereocenters. The van der Waals surface area contributed by atoms with Crippen molar-refractivity contribution in [3.05, 3.63) is 41.5 Å². The Morgan fingerprint density at radius 2 is 2.27 bits per heavy atom. The molecule has 0 radical (unpaired) electrons. The predicted octanol–water partition coefficient (Wildman–Crippen LogP) is 2.13. The average molecular weight is 201 g/mol. The monoisotopic (exact) mass is 201 g/mol. The summed E-state index contributed by atoms with van der Waals surface area (Å²) < 4.78 is 4.94. The SMILES string of the molecule is Cc1onc(/C=C/c2cccnc2)c1N. The van der Waals surface area contributed by atoms with Crippen LogP contribution in [0.15, 0.2) is 29.0 Å². The van der Waals surface area contributed by atoms with Crippen LogP contribution in [0, 0.1) is 6.92 Å². The summed E-state index contributed by atoms with van der Waals surface area (Å²) in [5, 5.41) is 3.82. The molecule has 0 saturated heterocycles. The van der Waals surface area contributed by atoms with Crippen LogP contribution in [0.1, 0.15) is 17.0 Å². The van der Waals surface area contributed by atoms with Crippen LogP contribution in [0.25, 0.3) is 12.2 Å². The molecule has 0 fully saturated rings. The molecule has 2 aromatic rings. The van der Waals surface area contributed by atoms with Gasteiger partial charge in [0.15, 0.2) is 5.76 Å². The van der Waals surface area contributed by atoms with E-state index in [0.717, 1.165) is 5.56 Å². The highest BCUT2D eigenvalue weighted by Crippen LogP contribution is 2.17. The molecule has 0 spiro atoms. The zero-order valence-corrected chi connectivity index (χ0v) is 8.34. The number of hydrogen-bond acceptors (Lipinski definition) is 4. The van der Waals surface area contributed by atoms with E-state index in [1.54, 1.807) is 19.3 Å². The van der Waals surface area contributed by atoms with Crippen LogP contribution in [0.4, 0.5) is 5.69 Å². The number of nitrogens with two attached hydrogens (primary N) is 1. The number of nitrogens with zero attached hydrogens (tertiary/aromatic N) is 2. The lowest BCUT2D eigenvalue weighted by Crippen LogP contribution is -1.86. The Morgan fingerprint density at radius 3 is 2.87 bits per heavy atom. The van der Waals surface area contributed by atoms with E-state index in [1.807, 2.05) is 24.3 Å². The second kappa shape index (κ2) is 3.96. The number of hydrogen-bond donors (Lipinski definition) is 1. The Labute approximate surface area is 87.4 Å². The summed E-state index contributed by atoms with van der Waals surface area (Å²) in [5.74, 6) is 0.640. The second-order valence-corrected chi connectivity index (χ2v) is 3.16. The van der Waals surface area contributed by atoms with Crippen molar-refractivity contribution in [2.45, 2.75) is 6.92 Å². The maximum Gasteiger partial charge on any atom is 0.157 e. The Balaban J connectivity index is 2.23. The lowest BCUT2D eigenvalue weighted by atomic mass is 10.2. The fourth-order valence-corrected chi connectivity index (χ4v) is 1.17. The molecule has 4 nitrogen and oxygen atoms in total. The smallest absolute Gasteiger partial charge is 0.157 e. The van der Waals surface area contributed by atoms with E-state index in [0.29, 0.717) is 17.1 Å². The summed E-state index contributed by atoms with van der Waals surface area (Å²) >= 11 is 0. The average Bonchev–Trinajstić information content (AvgIpc) is 2.59. The zero-order valence-electron chi connectivity index (χ0n) is 8.34. The molecule has 0 atom stereocenters. The van der Waals surface area contributed by atoms with Crippen molar-refractivity contribution in [2.75, 3.05) is 5.73 Å². The summed E-state index contributed by atoms with van der Waals surface area (Å²) in [6.45, 7) is 1.78. The highest BCUT2D eigenvalue weighted by atomic mass is 16.5. The first kappa shape index (κ1) is 9.45. The van der Waals surface area contributed by atoms with Crippen LogP contribution < -0.4 is 5.73 Å². The summed E-state index contributed by atoms with van der Waals surface area (Å²) in [6.07, 6.45) is 7.19. The van der Waals surface area contributed by atoms with Gasteiger partial charge in [-0.15, -0.1) is 0 Å². The van der Waals surface area contributed by atoms with Crippen LogP contribution in [-0.2, 0) is 0 Å². The molecule has 0 aliphatic heterocycles. The first-order valence-corrected chi connectivity index (χ1v) is 4.57. The van der Waals surface area contributed by atoms with Gasteiger partial charge in [0, 0.05) is 12.4 Å². The van der Waals surface area contributed by atoms with Gasteiger partial charge in [-0.05, 0) is 24.6 Å². The molecular formula is C11H11N3O. The van der Waals surface area contributed by atoms with Gasteiger partial charge in [0.05, 0.1) is 0 Å². The minimum Gasteiger partial charge on any atom is -0.394 e. The van der Waals surface area contributed by atoms with Crippen LogP contribution in [-0.4, -0.2) is 10.1 Å². The number of nitrogen functional groups attached to an aromatic ring is 1. The normalized spacial score (nSPS) is 11.0. The molecule has 2 N–H and O–H groups in total. The third-order valence-corrected chi connectivity index (χ3v) is 2.05. The number of rotatable bonds is 2. The predicted molar refractivity (Wildman–Crippen MR) is 58.8 cm³/mol. The number of aromatic nitrogens is 2. The standard InChI is InChI=1S/C11H11N3O/c1-8-11(12)10(14-15-8)5-4-9-3-2-6-13-7-9/h2-7H,12H2,1H3/b5-4+. The summed E-state index contributed by atoms with van der Waals surface area (Å²) in [5.41, 5.74) is 7.97. The van der Waals surface area contributed by atoms with Crippen LogP contribution >= 0.6 is 0 Å². The first-order chi connectivity index (χ1) is 7.27. The van der Waals surface area contributed by atoms with Crippen LogP contribution in [0.2, 0.25) is 0 Å². The Kier molecular flexibility index (Phi) is 2.49. The van der Waals surface area contributed by atoms with E-state index in [9.17, 15) is 0 Å². The molecule has 0 amide bonds. The molecular weight excluding hydrogens is 190 g/mol. The zero-order chi connectivity index (χ0) is 10.7. The number of aryl methyl sites for hydroxylation is 1. The molecule has 15 heavy (non-hydrogen) atoms. The summed E-state index contributed by atoms with van der Waals surface area (Å²) in [7, 11) is 0. The number of anilines is 1. The Bertz CT molecular complexity index is 474. The molecule has 2 heterocycles. The van der Waals surface area contributed by atoms with Crippen molar-refractivity contribution in [1.82, 2.24) is 10.1 Å². The van der Waals surface area contributed by atoms with Gasteiger partial charge in [-0.25, -0.2) is 0 Å². The largest absolute Gasteiger partial charge is 0.394 e. The second-order valence-electron chi connectivity index (χ2n) is 3.16. The molecule has 4 heteroatoms. The minimum atomic E-state index is 0.579. The maximum absolute atomic E-state index is 5.74. The van der Waals surface area contributed by atoms with Crippen LogP contribution in [0.3, 0.4) is 0 Å². The molecule has 0 aromatic carbocycles. The quantitative estimate of drug-likeness (QED) is 0.808. The highest BCUT2D eigenvalue weighted by Gasteiger charge is 2.04. The third-order valence-electron chi connectivity index (χ3n) is 2.05. The van der Waals surface area contributed by atoms with Gasteiger partial charge in [-0.2, -0.15) is 0 Å². The van der Waals surface area contributed by atoms with E-state index in [2.05, 4.69) is 10.1 Å². The lowest BCUT2D eigenvalue weighted by molar-refractivity contribution is 0.397. The summed E-state index contributed by atoms with van der Waals surface area (Å²) in [6, 6.07) is 3.82. The molecule has 76 valence electrons. The van der Waals surface area contributed by atoms with Gasteiger partial charge in [0.25, 0.3) is 0 Å². The van der Waals surface area contributed by atoms with Crippen molar-refractivity contribution < 1.29 is 4.52 Å². The summed E-state index contributed by atoms with van der Waals surface area (Å²) in [4.78, 5) is 4.00. The van der Waals surface area contributed by atoms with Crippen molar-refractivity contribution in [3.63, 3.8) is 0 Å². The van der Waals surface area contributed by atoms with Crippen molar-refractivity contribution in [3.8, 4) is 0 Å². The van der Waals surface area contributed by atoms with E-state index in [4.69, 9.17) is 10.3 Å². The molecule has 2 aromatic heterocycles. The highest BCUT2D eigenvalue weighted by molar-refractivity contribution is 5.73. The van der Waals surface area contributed by atoms with Gasteiger partial charge >= 0.3 is 0 Å².